The second kappa shape index (κ2) is 5.19. The van der Waals surface area contributed by atoms with Crippen LogP contribution < -0.4 is 5.32 Å². The van der Waals surface area contributed by atoms with Crippen molar-refractivity contribution >= 4 is 5.97 Å². The fraction of sp³-hybridized carbons (Fsp3) is 0.889. The van der Waals surface area contributed by atoms with Crippen LogP contribution in [0.1, 0.15) is 27.2 Å². The molecule has 0 aromatic rings. The van der Waals surface area contributed by atoms with E-state index in [0.717, 1.165) is 0 Å². The highest BCUT2D eigenvalue weighted by atomic mass is 16.5. The third kappa shape index (κ3) is 6.54. The molecule has 0 spiro atoms. The summed E-state index contributed by atoms with van der Waals surface area (Å²) in [6, 6.07) is -0.229. The Balaban J connectivity index is 3.97. The lowest BCUT2D eigenvalue weighted by molar-refractivity contribution is -0.141. The summed E-state index contributed by atoms with van der Waals surface area (Å²) in [5.74, 6) is -0.309. The van der Waals surface area contributed by atoms with Crippen LogP contribution >= 0.6 is 0 Å². The van der Waals surface area contributed by atoms with E-state index < -0.39 is 0 Å². The van der Waals surface area contributed by atoms with Crippen molar-refractivity contribution in [3.05, 3.63) is 0 Å². The fourth-order valence-corrected chi connectivity index (χ4v) is 1.06. The van der Waals surface area contributed by atoms with Gasteiger partial charge in [0.15, 0.2) is 0 Å². The quantitative estimate of drug-likeness (QED) is 0.624. The van der Waals surface area contributed by atoms with Gasteiger partial charge in [-0.05, 0) is 20.8 Å². The molecule has 0 rings (SSSR count). The SMILES string of the molecule is COC(=O)CC(CO)NC(C)(C)C. The van der Waals surface area contributed by atoms with E-state index in [1.54, 1.807) is 0 Å². The monoisotopic (exact) mass is 189 g/mol. The van der Waals surface area contributed by atoms with Crippen LogP contribution in [0.25, 0.3) is 0 Å². The van der Waals surface area contributed by atoms with Gasteiger partial charge in [0.05, 0.1) is 20.1 Å². The molecule has 4 heteroatoms. The third-order valence-corrected chi connectivity index (χ3v) is 1.50. The molecule has 2 N–H and O–H groups in total. The molecule has 78 valence electrons. The average molecular weight is 189 g/mol. The van der Waals surface area contributed by atoms with Crippen molar-refractivity contribution in [3.8, 4) is 0 Å². The van der Waals surface area contributed by atoms with Gasteiger partial charge in [-0.1, -0.05) is 0 Å². The molecule has 0 amide bonds. The summed E-state index contributed by atoms with van der Waals surface area (Å²) in [7, 11) is 1.34. The van der Waals surface area contributed by atoms with Crippen LogP contribution in [-0.4, -0.2) is 36.4 Å². The maximum atomic E-state index is 10.9. The molecule has 0 aliphatic heterocycles. The minimum Gasteiger partial charge on any atom is -0.469 e. The Morgan fingerprint density at radius 2 is 2.08 bits per heavy atom. The number of hydrogen-bond acceptors (Lipinski definition) is 4. The summed E-state index contributed by atoms with van der Waals surface area (Å²) < 4.78 is 4.51. The van der Waals surface area contributed by atoms with Crippen LogP contribution in [0.15, 0.2) is 0 Å². The van der Waals surface area contributed by atoms with Gasteiger partial charge in [0.25, 0.3) is 0 Å². The number of hydrogen-bond donors (Lipinski definition) is 2. The van der Waals surface area contributed by atoms with Gasteiger partial charge in [-0.2, -0.15) is 0 Å². The van der Waals surface area contributed by atoms with Crippen molar-refractivity contribution in [2.24, 2.45) is 0 Å². The van der Waals surface area contributed by atoms with Crippen molar-refractivity contribution in [2.75, 3.05) is 13.7 Å². The molecule has 0 aliphatic rings. The summed E-state index contributed by atoms with van der Waals surface area (Å²) in [6.45, 7) is 5.87. The van der Waals surface area contributed by atoms with E-state index in [9.17, 15) is 4.79 Å². The molecule has 0 aromatic heterocycles. The largest absolute Gasteiger partial charge is 0.469 e. The van der Waals surface area contributed by atoms with E-state index in [-0.39, 0.29) is 30.6 Å². The van der Waals surface area contributed by atoms with Gasteiger partial charge in [-0.3, -0.25) is 4.79 Å². The van der Waals surface area contributed by atoms with E-state index in [1.807, 2.05) is 20.8 Å². The highest BCUT2D eigenvalue weighted by Gasteiger charge is 2.19. The fourth-order valence-electron chi connectivity index (χ4n) is 1.06. The lowest BCUT2D eigenvalue weighted by Crippen LogP contribution is -2.46. The van der Waals surface area contributed by atoms with Crippen LogP contribution in [0.3, 0.4) is 0 Å². The predicted molar refractivity (Wildman–Crippen MR) is 50.4 cm³/mol. The normalized spacial score (nSPS) is 13.9. The van der Waals surface area contributed by atoms with Gasteiger partial charge in [0.1, 0.15) is 0 Å². The van der Waals surface area contributed by atoms with Crippen LogP contribution in [0.4, 0.5) is 0 Å². The van der Waals surface area contributed by atoms with Crippen molar-refractivity contribution in [1.82, 2.24) is 5.32 Å². The number of methoxy groups -OCH3 is 1. The van der Waals surface area contributed by atoms with Gasteiger partial charge in [-0.25, -0.2) is 0 Å². The highest BCUT2D eigenvalue weighted by molar-refractivity contribution is 5.69. The molecule has 13 heavy (non-hydrogen) atoms. The highest BCUT2D eigenvalue weighted by Crippen LogP contribution is 2.04. The number of nitrogens with one attached hydrogen (secondary N) is 1. The molecule has 0 heterocycles. The minimum absolute atomic E-state index is 0.0631. The molecule has 0 saturated carbocycles. The molecule has 0 fully saturated rings. The van der Waals surface area contributed by atoms with E-state index in [2.05, 4.69) is 10.1 Å². The van der Waals surface area contributed by atoms with Crippen LogP contribution in [0, 0.1) is 0 Å². The van der Waals surface area contributed by atoms with Crippen molar-refractivity contribution in [2.45, 2.75) is 38.8 Å². The first-order valence-corrected chi connectivity index (χ1v) is 4.34. The molecular formula is C9H19NO3. The number of esters is 1. The van der Waals surface area contributed by atoms with Gasteiger partial charge >= 0.3 is 5.97 Å². The Hall–Kier alpha value is -0.610. The van der Waals surface area contributed by atoms with Crippen molar-refractivity contribution in [1.29, 1.82) is 0 Å². The van der Waals surface area contributed by atoms with E-state index in [4.69, 9.17) is 5.11 Å². The third-order valence-electron chi connectivity index (χ3n) is 1.50. The smallest absolute Gasteiger partial charge is 0.307 e. The molecule has 1 unspecified atom stereocenters. The number of aliphatic hydroxyl groups is 1. The van der Waals surface area contributed by atoms with E-state index in [0.29, 0.717) is 0 Å². The zero-order valence-electron chi connectivity index (χ0n) is 8.76. The van der Waals surface area contributed by atoms with Gasteiger partial charge < -0.3 is 15.2 Å². The molecule has 0 saturated heterocycles. The standard InChI is InChI=1S/C9H19NO3/c1-9(2,3)10-7(6-11)5-8(12)13-4/h7,10-11H,5-6H2,1-4H3. The van der Waals surface area contributed by atoms with Crippen LogP contribution in [-0.2, 0) is 9.53 Å². The van der Waals surface area contributed by atoms with Crippen molar-refractivity contribution < 1.29 is 14.6 Å². The average Bonchev–Trinajstić information content (AvgIpc) is 2.00. The first kappa shape index (κ1) is 12.4. The van der Waals surface area contributed by atoms with E-state index in [1.165, 1.54) is 7.11 Å². The Morgan fingerprint density at radius 1 is 1.54 bits per heavy atom. The Bertz CT molecular complexity index is 163. The maximum absolute atomic E-state index is 10.9. The van der Waals surface area contributed by atoms with Gasteiger partial charge in [0, 0.05) is 11.6 Å². The summed E-state index contributed by atoms with van der Waals surface area (Å²) in [5.41, 5.74) is -0.110. The van der Waals surface area contributed by atoms with Crippen molar-refractivity contribution in [3.63, 3.8) is 0 Å². The Kier molecular flexibility index (Phi) is 4.95. The molecule has 0 aliphatic carbocycles. The number of carbonyl (C=O) groups excluding carboxylic acids is 1. The molecule has 1 atom stereocenters. The summed E-state index contributed by atoms with van der Waals surface area (Å²) >= 11 is 0. The zero-order valence-corrected chi connectivity index (χ0v) is 8.76. The zero-order chi connectivity index (χ0) is 10.5. The first-order valence-electron chi connectivity index (χ1n) is 4.34. The van der Waals surface area contributed by atoms with Crippen LogP contribution in [0.2, 0.25) is 0 Å². The van der Waals surface area contributed by atoms with E-state index >= 15 is 0 Å². The predicted octanol–water partition coefficient (Wildman–Crippen LogP) is 0.298. The number of ether oxygens (including phenoxy) is 1. The topological polar surface area (TPSA) is 58.6 Å². The summed E-state index contributed by atoms with van der Waals surface area (Å²) in [4.78, 5) is 10.9. The molecule has 0 aromatic carbocycles. The van der Waals surface area contributed by atoms with Gasteiger partial charge in [0.2, 0.25) is 0 Å². The summed E-state index contributed by atoms with van der Waals surface area (Å²) in [6.07, 6.45) is 0.199. The van der Waals surface area contributed by atoms with Gasteiger partial charge in [-0.15, -0.1) is 0 Å². The number of carbonyl (C=O) groups is 1. The Labute approximate surface area is 79.3 Å². The molecule has 4 nitrogen and oxygen atoms in total. The molecule has 0 radical (unpaired) electrons. The number of rotatable bonds is 4. The second-order valence-electron chi connectivity index (χ2n) is 4.05. The number of aliphatic hydroxyl groups excluding tert-OH is 1. The lowest BCUT2D eigenvalue weighted by Gasteiger charge is -2.26. The molecular weight excluding hydrogens is 170 g/mol. The summed E-state index contributed by atoms with van der Waals surface area (Å²) in [5, 5.41) is 12.1. The second-order valence-corrected chi connectivity index (χ2v) is 4.05. The van der Waals surface area contributed by atoms with Crippen LogP contribution in [0.5, 0.6) is 0 Å². The first-order chi connectivity index (χ1) is 5.89. The Morgan fingerprint density at radius 3 is 2.38 bits per heavy atom. The molecule has 0 bridgehead atoms. The lowest BCUT2D eigenvalue weighted by atomic mass is 10.1. The maximum Gasteiger partial charge on any atom is 0.307 e. The minimum atomic E-state index is -0.309.